The number of fused-ring (bicyclic) bond motifs is 10. The quantitative estimate of drug-likeness (QED) is 0.245. The van der Waals surface area contributed by atoms with Crippen LogP contribution in [0.5, 0.6) is 0 Å². The lowest BCUT2D eigenvalue weighted by molar-refractivity contribution is -0.182. The second kappa shape index (κ2) is 13.3. The Labute approximate surface area is 228 Å². The van der Waals surface area contributed by atoms with Crippen molar-refractivity contribution in [3.8, 4) is 0 Å². The van der Waals surface area contributed by atoms with E-state index in [0.29, 0.717) is 12.0 Å². The number of nitrogens with one attached hydrogen (secondary N) is 1. The van der Waals surface area contributed by atoms with Crippen molar-refractivity contribution in [1.82, 2.24) is 5.32 Å². The van der Waals surface area contributed by atoms with Gasteiger partial charge in [0.2, 0.25) is 5.78 Å². The van der Waals surface area contributed by atoms with E-state index < -0.39 is 71.1 Å². The Balaban J connectivity index is 2.66. The molecule has 3 aliphatic rings. The molecule has 2 heterocycles. The highest BCUT2D eigenvalue weighted by atomic mass is 16.6. The van der Waals surface area contributed by atoms with Crippen LogP contribution in [-0.2, 0) is 43.0 Å². The number of esters is 3. The van der Waals surface area contributed by atoms with Crippen molar-refractivity contribution >= 4 is 35.4 Å². The van der Waals surface area contributed by atoms with Crippen LogP contribution < -0.4 is 5.32 Å². The van der Waals surface area contributed by atoms with Gasteiger partial charge in [0.15, 0.2) is 5.78 Å². The van der Waals surface area contributed by atoms with Gasteiger partial charge in [0.1, 0.15) is 23.7 Å². The van der Waals surface area contributed by atoms with Crippen LogP contribution in [0.2, 0.25) is 0 Å². The summed E-state index contributed by atoms with van der Waals surface area (Å²) in [6, 6.07) is -1.21. The van der Waals surface area contributed by atoms with E-state index in [2.05, 4.69) is 5.32 Å². The van der Waals surface area contributed by atoms with E-state index in [0.717, 1.165) is 12.5 Å². The van der Waals surface area contributed by atoms with Gasteiger partial charge < -0.3 is 19.5 Å². The summed E-state index contributed by atoms with van der Waals surface area (Å²) in [5.74, 6) is -4.95. The molecule has 1 aliphatic carbocycles. The van der Waals surface area contributed by atoms with Crippen LogP contribution in [0.25, 0.3) is 0 Å². The fourth-order valence-electron chi connectivity index (χ4n) is 4.43. The lowest BCUT2D eigenvalue weighted by atomic mass is 9.69. The highest BCUT2D eigenvalue weighted by Gasteiger charge is 2.56. The van der Waals surface area contributed by atoms with Crippen molar-refractivity contribution in [3.05, 3.63) is 47.6 Å². The molecule has 0 aromatic heterocycles. The van der Waals surface area contributed by atoms with Gasteiger partial charge in [0.05, 0.1) is 12.0 Å². The molecule has 10 heteroatoms. The van der Waals surface area contributed by atoms with Crippen molar-refractivity contribution in [1.29, 1.82) is 0 Å². The molecule has 212 valence electrons. The van der Waals surface area contributed by atoms with Crippen LogP contribution >= 0.6 is 0 Å². The zero-order valence-corrected chi connectivity index (χ0v) is 23.4. The topological polar surface area (TPSA) is 142 Å². The minimum absolute atomic E-state index is 0.0368. The summed E-state index contributed by atoms with van der Waals surface area (Å²) in [4.78, 5) is 74.7. The van der Waals surface area contributed by atoms with E-state index in [-0.39, 0.29) is 6.42 Å². The number of Topliss-reactive ketones (excluding diaryl/α,β-unsaturated/α-hetero) is 2. The molecular weight excluding hydrogens is 506 g/mol. The SMILES string of the molecule is CC(=O)O[C@@H]1/C=C\C(C)=C/[C@@H](NC(=O)C(C)=O)[C@]2(C)C(=O)O[C@H](C[C@H](OC(C)=O)/C=C\C(C)=C/C1)[C@@H](C)C2=O. The number of ketones is 2. The number of amides is 1. The molecule has 1 N–H and O–H groups in total. The molecule has 0 unspecified atom stereocenters. The van der Waals surface area contributed by atoms with Crippen LogP contribution in [-0.4, -0.2) is 59.7 Å². The van der Waals surface area contributed by atoms with Gasteiger partial charge in [-0.05, 0) is 32.9 Å². The van der Waals surface area contributed by atoms with Crippen molar-refractivity contribution in [2.75, 3.05) is 0 Å². The number of hydrogen-bond acceptors (Lipinski definition) is 9. The molecule has 6 atom stereocenters. The summed E-state index contributed by atoms with van der Waals surface area (Å²) >= 11 is 0. The molecule has 0 radical (unpaired) electrons. The predicted molar refractivity (Wildman–Crippen MR) is 141 cm³/mol. The summed E-state index contributed by atoms with van der Waals surface area (Å²) < 4.78 is 16.5. The lowest BCUT2D eigenvalue weighted by Crippen LogP contribution is -2.61. The average molecular weight is 544 g/mol. The Morgan fingerprint density at radius 2 is 1.51 bits per heavy atom. The van der Waals surface area contributed by atoms with Gasteiger partial charge in [-0.2, -0.15) is 0 Å². The first-order chi connectivity index (χ1) is 18.1. The van der Waals surface area contributed by atoms with E-state index in [1.165, 1.54) is 26.8 Å². The van der Waals surface area contributed by atoms with Gasteiger partial charge in [-0.1, -0.05) is 42.4 Å². The minimum atomic E-state index is -1.84. The molecule has 0 saturated carbocycles. The Morgan fingerprint density at radius 1 is 0.949 bits per heavy atom. The third-order valence-corrected chi connectivity index (χ3v) is 6.74. The fraction of sp³-hybridized carbons (Fsp3) is 0.517. The molecule has 1 saturated heterocycles. The first-order valence-electron chi connectivity index (χ1n) is 12.8. The van der Waals surface area contributed by atoms with Gasteiger partial charge in [0, 0.05) is 33.6 Å². The monoisotopic (exact) mass is 543 g/mol. The zero-order valence-electron chi connectivity index (χ0n) is 23.4. The molecule has 3 rings (SSSR count). The van der Waals surface area contributed by atoms with Gasteiger partial charge in [-0.25, -0.2) is 0 Å². The van der Waals surface area contributed by atoms with Crippen molar-refractivity contribution in [2.45, 2.75) is 85.7 Å². The molecule has 2 aliphatic heterocycles. The number of rotatable bonds is 4. The third-order valence-electron chi connectivity index (χ3n) is 6.74. The fourth-order valence-corrected chi connectivity index (χ4v) is 4.43. The number of hydrogen-bond donors (Lipinski definition) is 1. The zero-order chi connectivity index (χ0) is 29.5. The standard InChI is InChI=1S/C29H37NO9/c1-16-8-11-22(37-20(5)32)12-10-17(2)14-25(30-27(35)19(4)31)29(7)26(34)18(3)24(39-28(29)36)15-23(13-9-16)38-21(6)33/h8-10,12-14,18,22-25H,11,15H2,1-7H3,(H,30,35)/b12-10-,13-9-,16-8-,17-14-/t18-,22+,23-,24-,25-,29+/m1/s1. The Hall–Kier alpha value is -3.82. The van der Waals surface area contributed by atoms with Gasteiger partial charge in [0.25, 0.3) is 5.91 Å². The summed E-state index contributed by atoms with van der Waals surface area (Å²) in [5.41, 5.74) is -0.499. The summed E-state index contributed by atoms with van der Waals surface area (Å²) in [5, 5.41) is 2.50. The van der Waals surface area contributed by atoms with E-state index in [9.17, 15) is 28.8 Å². The molecule has 0 aromatic carbocycles. The minimum Gasteiger partial charge on any atom is -0.461 e. The van der Waals surface area contributed by atoms with Crippen LogP contribution in [0, 0.1) is 11.3 Å². The van der Waals surface area contributed by atoms with E-state index in [1.807, 2.05) is 13.0 Å². The molecule has 39 heavy (non-hydrogen) atoms. The van der Waals surface area contributed by atoms with E-state index in [1.54, 1.807) is 38.2 Å². The molecular formula is C29H37NO9. The van der Waals surface area contributed by atoms with Crippen molar-refractivity contribution < 1.29 is 43.0 Å². The van der Waals surface area contributed by atoms with E-state index in [4.69, 9.17) is 14.2 Å². The van der Waals surface area contributed by atoms with Gasteiger partial charge in [-0.3, -0.25) is 28.8 Å². The van der Waals surface area contributed by atoms with E-state index >= 15 is 0 Å². The first-order valence-corrected chi connectivity index (χ1v) is 12.8. The highest BCUT2D eigenvalue weighted by molar-refractivity contribution is 6.35. The molecule has 0 aromatic rings. The van der Waals surface area contributed by atoms with Crippen molar-refractivity contribution in [3.63, 3.8) is 0 Å². The largest absolute Gasteiger partial charge is 0.461 e. The van der Waals surface area contributed by atoms with Crippen molar-refractivity contribution in [2.24, 2.45) is 11.3 Å². The average Bonchev–Trinajstić information content (AvgIpc) is 2.84. The normalized spacial score (nSPS) is 34.2. The summed E-state index contributed by atoms with van der Waals surface area (Å²) in [6.45, 7) is 10.1. The molecule has 1 fully saturated rings. The van der Waals surface area contributed by atoms with Crippen LogP contribution in [0.4, 0.5) is 0 Å². The third kappa shape index (κ3) is 8.33. The highest BCUT2D eigenvalue weighted by Crippen LogP contribution is 2.38. The Bertz CT molecular complexity index is 1150. The molecule has 1 amide bonds. The lowest BCUT2D eigenvalue weighted by Gasteiger charge is -2.42. The van der Waals surface area contributed by atoms with Crippen LogP contribution in [0.3, 0.4) is 0 Å². The van der Waals surface area contributed by atoms with Crippen LogP contribution in [0.1, 0.15) is 61.3 Å². The second-order valence-corrected chi connectivity index (χ2v) is 10.2. The predicted octanol–water partition coefficient (Wildman–Crippen LogP) is 2.86. The van der Waals surface area contributed by atoms with Gasteiger partial charge in [-0.15, -0.1) is 0 Å². The number of ether oxygens (including phenoxy) is 3. The summed E-state index contributed by atoms with van der Waals surface area (Å²) in [7, 11) is 0. The number of carbonyl (C=O) groups is 6. The maximum absolute atomic E-state index is 13.7. The number of allylic oxidation sites excluding steroid dienone is 4. The maximum atomic E-state index is 13.7. The second-order valence-electron chi connectivity index (χ2n) is 10.2. The maximum Gasteiger partial charge on any atom is 0.322 e. The molecule has 2 bridgehead atoms. The first kappa shape index (κ1) is 31.4. The Morgan fingerprint density at radius 3 is 2.10 bits per heavy atom. The molecule has 0 spiro atoms. The smallest absolute Gasteiger partial charge is 0.322 e. The Kier molecular flexibility index (Phi) is 10.7. The van der Waals surface area contributed by atoms with Gasteiger partial charge >= 0.3 is 17.9 Å². The summed E-state index contributed by atoms with van der Waals surface area (Å²) in [6.07, 6.45) is 8.08. The van der Waals surface area contributed by atoms with Crippen LogP contribution in [0.15, 0.2) is 47.6 Å². The number of carbonyl (C=O) groups excluding carboxylic acids is 6. The molecule has 10 nitrogen and oxygen atoms in total.